The molecule has 0 radical (unpaired) electrons. The number of halogens is 1. The largest absolute Gasteiger partial charge is 0.363 e. The molecule has 1 aliphatic heterocycles. The van der Waals surface area contributed by atoms with E-state index in [1.807, 2.05) is 0 Å². The van der Waals surface area contributed by atoms with Gasteiger partial charge in [-0.2, -0.15) is 5.26 Å². The minimum absolute atomic E-state index is 0.0454. The minimum Gasteiger partial charge on any atom is -0.363 e. The third-order valence-electron chi connectivity index (χ3n) is 3.69. The van der Waals surface area contributed by atoms with Crippen LogP contribution in [0.5, 0.6) is 0 Å². The Labute approximate surface area is 123 Å². The highest BCUT2D eigenvalue weighted by Gasteiger charge is 2.34. The summed E-state index contributed by atoms with van der Waals surface area (Å²) in [4.78, 5) is 2.40. The monoisotopic (exact) mass is 321 g/mol. The fourth-order valence-electron chi connectivity index (χ4n) is 2.52. The summed E-state index contributed by atoms with van der Waals surface area (Å²) in [6.07, 6.45) is 0.552. The third kappa shape index (κ3) is 3.10. The fourth-order valence-corrected chi connectivity index (χ4v) is 3.23. The lowest BCUT2D eigenvalue weighted by Crippen LogP contribution is -2.62. The second-order valence-electron chi connectivity index (χ2n) is 5.82. The van der Waals surface area contributed by atoms with E-state index in [9.17, 15) is 0 Å². The Bertz CT molecular complexity index is 505. The van der Waals surface area contributed by atoms with Gasteiger partial charge in [0.2, 0.25) is 0 Å². The molecule has 1 atom stereocenters. The van der Waals surface area contributed by atoms with Gasteiger partial charge in [0.25, 0.3) is 0 Å². The van der Waals surface area contributed by atoms with Gasteiger partial charge in [0.05, 0.1) is 18.2 Å². The van der Waals surface area contributed by atoms with Gasteiger partial charge in [0, 0.05) is 29.1 Å². The van der Waals surface area contributed by atoms with Crippen LogP contribution in [-0.4, -0.2) is 24.7 Å². The summed E-state index contributed by atoms with van der Waals surface area (Å²) >= 11 is 3.67. The Hall–Kier alpha value is -1.05. The SMILES string of the molecule is Cc1ccc(N2CC(CC#N)NCC2(C)C)c(Br)c1. The summed E-state index contributed by atoms with van der Waals surface area (Å²) in [7, 11) is 0. The van der Waals surface area contributed by atoms with E-state index >= 15 is 0 Å². The number of hydrogen-bond acceptors (Lipinski definition) is 3. The molecule has 0 aromatic heterocycles. The molecular weight excluding hydrogens is 302 g/mol. The minimum atomic E-state index is 0.0454. The van der Waals surface area contributed by atoms with E-state index in [4.69, 9.17) is 5.26 Å². The van der Waals surface area contributed by atoms with Crippen molar-refractivity contribution in [3.63, 3.8) is 0 Å². The predicted octanol–water partition coefficient (Wildman–Crippen LogP) is 3.23. The van der Waals surface area contributed by atoms with Crippen LogP contribution in [0.2, 0.25) is 0 Å². The van der Waals surface area contributed by atoms with Gasteiger partial charge in [0.1, 0.15) is 0 Å². The van der Waals surface area contributed by atoms with E-state index in [0.29, 0.717) is 6.42 Å². The Balaban J connectivity index is 2.31. The van der Waals surface area contributed by atoms with Crippen molar-refractivity contribution in [1.82, 2.24) is 5.32 Å². The molecule has 2 rings (SSSR count). The van der Waals surface area contributed by atoms with Crippen molar-refractivity contribution in [2.75, 3.05) is 18.0 Å². The van der Waals surface area contributed by atoms with Gasteiger partial charge in [-0.1, -0.05) is 6.07 Å². The van der Waals surface area contributed by atoms with Crippen LogP contribution in [0.15, 0.2) is 22.7 Å². The van der Waals surface area contributed by atoms with Crippen molar-refractivity contribution < 1.29 is 0 Å². The molecule has 1 N–H and O–H groups in total. The number of hydrogen-bond donors (Lipinski definition) is 1. The highest BCUT2D eigenvalue weighted by molar-refractivity contribution is 9.10. The molecule has 1 heterocycles. The van der Waals surface area contributed by atoms with Crippen LogP contribution in [-0.2, 0) is 0 Å². The van der Waals surface area contributed by atoms with Crippen LogP contribution in [0.3, 0.4) is 0 Å². The summed E-state index contributed by atoms with van der Waals surface area (Å²) in [5.74, 6) is 0. The lowest BCUT2D eigenvalue weighted by atomic mass is 9.95. The summed E-state index contributed by atoms with van der Waals surface area (Å²) in [5, 5.41) is 12.3. The van der Waals surface area contributed by atoms with E-state index < -0.39 is 0 Å². The lowest BCUT2D eigenvalue weighted by Gasteiger charge is -2.47. The number of nitriles is 1. The summed E-state index contributed by atoms with van der Waals surface area (Å²) in [6, 6.07) is 8.95. The molecule has 0 saturated carbocycles. The molecule has 1 aromatic rings. The van der Waals surface area contributed by atoms with Gasteiger partial charge >= 0.3 is 0 Å². The molecular formula is C15H20BrN3. The Morgan fingerprint density at radius 3 is 2.89 bits per heavy atom. The number of anilines is 1. The quantitative estimate of drug-likeness (QED) is 0.909. The first kappa shape index (κ1) is 14.4. The second-order valence-corrected chi connectivity index (χ2v) is 6.67. The van der Waals surface area contributed by atoms with Crippen molar-refractivity contribution in [2.24, 2.45) is 0 Å². The zero-order valence-corrected chi connectivity index (χ0v) is 13.3. The first-order valence-electron chi connectivity index (χ1n) is 6.58. The first-order chi connectivity index (χ1) is 8.94. The molecule has 4 heteroatoms. The molecule has 0 bridgehead atoms. The maximum absolute atomic E-state index is 8.88. The van der Waals surface area contributed by atoms with E-state index in [2.05, 4.69) is 71.2 Å². The normalized spacial score (nSPS) is 22.1. The molecule has 1 unspecified atom stereocenters. The Kier molecular flexibility index (Phi) is 4.17. The van der Waals surface area contributed by atoms with Gasteiger partial charge in [-0.15, -0.1) is 0 Å². The van der Waals surface area contributed by atoms with Crippen molar-refractivity contribution in [1.29, 1.82) is 5.26 Å². The standard InChI is InChI=1S/C15H20BrN3/c1-11-4-5-14(13(16)8-11)19-9-12(6-7-17)18-10-15(19,2)3/h4-5,8,12,18H,6,9-10H2,1-3H3. The number of piperazine rings is 1. The molecule has 1 aromatic carbocycles. The molecule has 19 heavy (non-hydrogen) atoms. The zero-order valence-electron chi connectivity index (χ0n) is 11.7. The first-order valence-corrected chi connectivity index (χ1v) is 7.37. The van der Waals surface area contributed by atoms with Crippen molar-refractivity contribution in [3.8, 4) is 6.07 Å². The maximum atomic E-state index is 8.88. The number of nitrogens with zero attached hydrogens (tertiary/aromatic N) is 2. The molecule has 1 saturated heterocycles. The van der Waals surface area contributed by atoms with Gasteiger partial charge in [0.15, 0.2) is 0 Å². The van der Waals surface area contributed by atoms with Crippen LogP contribution >= 0.6 is 15.9 Å². The van der Waals surface area contributed by atoms with Crippen LogP contribution in [0.25, 0.3) is 0 Å². The average Bonchev–Trinajstić information content (AvgIpc) is 2.32. The topological polar surface area (TPSA) is 39.1 Å². The van der Waals surface area contributed by atoms with Crippen molar-refractivity contribution in [3.05, 3.63) is 28.2 Å². The number of nitrogens with one attached hydrogen (secondary N) is 1. The van der Waals surface area contributed by atoms with Crippen LogP contribution < -0.4 is 10.2 Å². The molecule has 3 nitrogen and oxygen atoms in total. The predicted molar refractivity (Wildman–Crippen MR) is 82.3 cm³/mol. The van der Waals surface area contributed by atoms with Crippen molar-refractivity contribution >= 4 is 21.6 Å². The maximum Gasteiger partial charge on any atom is 0.0638 e. The Morgan fingerprint density at radius 1 is 1.53 bits per heavy atom. The van der Waals surface area contributed by atoms with Crippen LogP contribution in [0, 0.1) is 18.3 Å². The second kappa shape index (κ2) is 5.52. The lowest BCUT2D eigenvalue weighted by molar-refractivity contribution is 0.324. The third-order valence-corrected chi connectivity index (χ3v) is 4.32. The molecule has 0 aliphatic carbocycles. The van der Waals surface area contributed by atoms with E-state index in [0.717, 1.165) is 17.6 Å². The molecule has 1 fully saturated rings. The molecule has 0 spiro atoms. The average molecular weight is 322 g/mol. The fraction of sp³-hybridized carbons (Fsp3) is 0.533. The van der Waals surface area contributed by atoms with Gasteiger partial charge in [-0.3, -0.25) is 0 Å². The molecule has 1 aliphatic rings. The molecule has 102 valence electrons. The van der Waals surface area contributed by atoms with E-state index in [-0.39, 0.29) is 11.6 Å². The number of aryl methyl sites for hydroxylation is 1. The van der Waals surface area contributed by atoms with Gasteiger partial charge < -0.3 is 10.2 Å². The van der Waals surface area contributed by atoms with Gasteiger partial charge in [-0.25, -0.2) is 0 Å². The highest BCUT2D eigenvalue weighted by atomic mass is 79.9. The zero-order chi connectivity index (χ0) is 14.0. The summed E-state index contributed by atoms with van der Waals surface area (Å²) in [6.45, 7) is 8.31. The summed E-state index contributed by atoms with van der Waals surface area (Å²) in [5.41, 5.74) is 2.50. The summed E-state index contributed by atoms with van der Waals surface area (Å²) < 4.78 is 1.12. The Morgan fingerprint density at radius 2 is 2.26 bits per heavy atom. The number of benzene rings is 1. The van der Waals surface area contributed by atoms with Crippen LogP contribution in [0.1, 0.15) is 25.8 Å². The van der Waals surface area contributed by atoms with E-state index in [1.54, 1.807) is 0 Å². The van der Waals surface area contributed by atoms with Crippen LogP contribution in [0.4, 0.5) is 5.69 Å². The van der Waals surface area contributed by atoms with E-state index in [1.165, 1.54) is 11.3 Å². The van der Waals surface area contributed by atoms with Crippen molar-refractivity contribution in [2.45, 2.75) is 38.8 Å². The van der Waals surface area contributed by atoms with Gasteiger partial charge in [-0.05, 0) is 54.4 Å². The highest BCUT2D eigenvalue weighted by Crippen LogP contribution is 2.33. The number of rotatable bonds is 2. The smallest absolute Gasteiger partial charge is 0.0638 e. The molecule has 0 amide bonds.